The minimum Gasteiger partial charge on any atom is -0.381 e. The van der Waals surface area contributed by atoms with E-state index in [1.807, 2.05) is 32.9 Å². The lowest BCUT2D eigenvalue weighted by Crippen LogP contribution is -2.50. The van der Waals surface area contributed by atoms with E-state index in [1.165, 1.54) is 0 Å². The standard InChI is InChI=1S/C18H27N3O3/c1-12-8-13(2)16(14(3)9-12)21-15(22)10-20-17(23)18(11-19)4-6-24-7-5-18/h8-9H,4-7,10-11,19H2,1-3H3,(H,20,23)(H,21,22). The van der Waals surface area contributed by atoms with Crippen molar-refractivity contribution in [2.45, 2.75) is 33.6 Å². The van der Waals surface area contributed by atoms with Crippen molar-refractivity contribution >= 4 is 17.5 Å². The number of amides is 2. The van der Waals surface area contributed by atoms with Gasteiger partial charge in [0.05, 0.1) is 12.0 Å². The Morgan fingerprint density at radius 1 is 1.17 bits per heavy atom. The summed E-state index contributed by atoms with van der Waals surface area (Å²) in [4.78, 5) is 24.7. The normalized spacial score (nSPS) is 16.5. The number of hydrogen-bond acceptors (Lipinski definition) is 4. The molecule has 6 nitrogen and oxygen atoms in total. The summed E-state index contributed by atoms with van der Waals surface area (Å²) in [6.45, 7) is 7.19. The Morgan fingerprint density at radius 2 is 1.75 bits per heavy atom. The molecule has 1 aromatic carbocycles. The number of nitrogens with one attached hydrogen (secondary N) is 2. The second-order valence-electron chi connectivity index (χ2n) is 6.60. The number of rotatable bonds is 5. The van der Waals surface area contributed by atoms with Crippen LogP contribution in [0.15, 0.2) is 12.1 Å². The van der Waals surface area contributed by atoms with Crippen LogP contribution in [0.25, 0.3) is 0 Å². The summed E-state index contributed by atoms with van der Waals surface area (Å²) in [7, 11) is 0. The van der Waals surface area contributed by atoms with Crippen LogP contribution in [0.5, 0.6) is 0 Å². The van der Waals surface area contributed by atoms with E-state index >= 15 is 0 Å². The van der Waals surface area contributed by atoms with E-state index in [0.717, 1.165) is 22.4 Å². The molecule has 0 spiro atoms. The van der Waals surface area contributed by atoms with Crippen LogP contribution in [0, 0.1) is 26.2 Å². The predicted octanol–water partition coefficient (Wildman–Crippen LogP) is 1.42. The molecule has 2 rings (SSSR count). The van der Waals surface area contributed by atoms with Gasteiger partial charge < -0.3 is 21.1 Å². The highest BCUT2D eigenvalue weighted by Crippen LogP contribution is 2.29. The summed E-state index contributed by atoms with van der Waals surface area (Å²) in [6, 6.07) is 4.04. The fraction of sp³-hybridized carbons (Fsp3) is 0.556. The SMILES string of the molecule is Cc1cc(C)c(NC(=O)CNC(=O)C2(CN)CCOCC2)c(C)c1. The van der Waals surface area contributed by atoms with Crippen molar-refractivity contribution < 1.29 is 14.3 Å². The fourth-order valence-corrected chi connectivity index (χ4v) is 3.19. The van der Waals surface area contributed by atoms with Crippen LogP contribution in [0.4, 0.5) is 5.69 Å². The molecule has 0 radical (unpaired) electrons. The molecule has 0 atom stereocenters. The monoisotopic (exact) mass is 333 g/mol. The summed E-state index contributed by atoms with van der Waals surface area (Å²) in [5.74, 6) is -0.404. The van der Waals surface area contributed by atoms with Crippen LogP contribution in [-0.4, -0.2) is 38.1 Å². The zero-order valence-electron chi connectivity index (χ0n) is 14.7. The first-order valence-electron chi connectivity index (χ1n) is 8.32. The molecule has 0 aliphatic carbocycles. The molecular formula is C18H27N3O3. The van der Waals surface area contributed by atoms with Gasteiger partial charge in [-0.05, 0) is 44.7 Å². The number of nitrogens with two attached hydrogens (primary N) is 1. The van der Waals surface area contributed by atoms with E-state index in [1.54, 1.807) is 0 Å². The van der Waals surface area contributed by atoms with Gasteiger partial charge in [-0.2, -0.15) is 0 Å². The maximum atomic E-state index is 12.5. The number of benzene rings is 1. The Kier molecular flexibility index (Phi) is 5.96. The Hall–Kier alpha value is -1.92. The highest BCUT2D eigenvalue weighted by molar-refractivity contribution is 5.96. The summed E-state index contributed by atoms with van der Waals surface area (Å²) < 4.78 is 5.30. The van der Waals surface area contributed by atoms with Gasteiger partial charge in [-0.3, -0.25) is 9.59 Å². The van der Waals surface area contributed by atoms with Crippen LogP contribution >= 0.6 is 0 Å². The average molecular weight is 333 g/mol. The molecule has 0 unspecified atom stereocenters. The van der Waals surface area contributed by atoms with E-state index in [4.69, 9.17) is 10.5 Å². The van der Waals surface area contributed by atoms with Gasteiger partial charge in [0.15, 0.2) is 0 Å². The van der Waals surface area contributed by atoms with Gasteiger partial charge in [-0.15, -0.1) is 0 Å². The number of carbonyl (C=O) groups excluding carboxylic acids is 2. The average Bonchev–Trinajstić information content (AvgIpc) is 2.56. The summed E-state index contributed by atoms with van der Waals surface area (Å²) in [6.07, 6.45) is 1.18. The maximum absolute atomic E-state index is 12.5. The zero-order valence-corrected chi connectivity index (χ0v) is 14.7. The number of aryl methyl sites for hydroxylation is 3. The van der Waals surface area contributed by atoms with Crippen molar-refractivity contribution in [1.29, 1.82) is 0 Å². The van der Waals surface area contributed by atoms with Crippen LogP contribution < -0.4 is 16.4 Å². The topological polar surface area (TPSA) is 93.5 Å². The molecule has 0 saturated carbocycles. The van der Waals surface area contributed by atoms with Crippen molar-refractivity contribution in [2.24, 2.45) is 11.1 Å². The highest BCUT2D eigenvalue weighted by atomic mass is 16.5. The number of anilines is 1. The number of hydrogen-bond donors (Lipinski definition) is 3. The summed E-state index contributed by atoms with van der Waals surface area (Å²) in [5.41, 5.74) is 9.17. The Balaban J connectivity index is 1.95. The number of ether oxygens (including phenoxy) is 1. The van der Waals surface area contributed by atoms with Crippen LogP contribution in [0.1, 0.15) is 29.5 Å². The minimum atomic E-state index is -0.617. The molecule has 4 N–H and O–H groups in total. The third kappa shape index (κ3) is 4.13. The second kappa shape index (κ2) is 7.77. The van der Waals surface area contributed by atoms with E-state index < -0.39 is 5.41 Å². The van der Waals surface area contributed by atoms with Gasteiger partial charge >= 0.3 is 0 Å². The molecule has 2 amide bonds. The maximum Gasteiger partial charge on any atom is 0.243 e. The Bertz CT molecular complexity index is 599. The van der Waals surface area contributed by atoms with E-state index in [-0.39, 0.29) is 24.9 Å². The minimum absolute atomic E-state index is 0.0613. The molecule has 1 heterocycles. The molecule has 132 valence electrons. The second-order valence-corrected chi connectivity index (χ2v) is 6.60. The van der Waals surface area contributed by atoms with Crippen molar-refractivity contribution in [3.63, 3.8) is 0 Å². The molecule has 1 saturated heterocycles. The third-order valence-electron chi connectivity index (χ3n) is 4.67. The first-order valence-corrected chi connectivity index (χ1v) is 8.32. The highest BCUT2D eigenvalue weighted by Gasteiger charge is 2.38. The van der Waals surface area contributed by atoms with E-state index in [9.17, 15) is 9.59 Å². The summed E-state index contributed by atoms with van der Waals surface area (Å²) in [5, 5.41) is 5.61. The van der Waals surface area contributed by atoms with Gasteiger partial charge in [-0.1, -0.05) is 17.7 Å². The molecule has 0 bridgehead atoms. The molecule has 1 fully saturated rings. The van der Waals surface area contributed by atoms with Gasteiger partial charge in [0.1, 0.15) is 0 Å². The molecule has 24 heavy (non-hydrogen) atoms. The lowest BCUT2D eigenvalue weighted by Gasteiger charge is -2.34. The van der Waals surface area contributed by atoms with E-state index in [0.29, 0.717) is 26.1 Å². The smallest absolute Gasteiger partial charge is 0.243 e. The Morgan fingerprint density at radius 3 is 2.29 bits per heavy atom. The Labute approximate surface area is 143 Å². The van der Waals surface area contributed by atoms with Crippen LogP contribution in [-0.2, 0) is 14.3 Å². The molecule has 1 aromatic rings. The summed E-state index contributed by atoms with van der Waals surface area (Å²) >= 11 is 0. The van der Waals surface area contributed by atoms with Gasteiger partial charge in [0, 0.05) is 25.4 Å². The third-order valence-corrected chi connectivity index (χ3v) is 4.67. The molecule has 6 heteroatoms. The lowest BCUT2D eigenvalue weighted by atomic mass is 9.79. The van der Waals surface area contributed by atoms with Crippen molar-refractivity contribution in [2.75, 3.05) is 31.6 Å². The van der Waals surface area contributed by atoms with E-state index in [2.05, 4.69) is 10.6 Å². The van der Waals surface area contributed by atoms with Crippen molar-refractivity contribution in [1.82, 2.24) is 5.32 Å². The fourth-order valence-electron chi connectivity index (χ4n) is 3.19. The predicted molar refractivity (Wildman–Crippen MR) is 93.8 cm³/mol. The van der Waals surface area contributed by atoms with Gasteiger partial charge in [-0.25, -0.2) is 0 Å². The van der Waals surface area contributed by atoms with Crippen molar-refractivity contribution in [3.05, 3.63) is 28.8 Å². The van der Waals surface area contributed by atoms with Crippen LogP contribution in [0.2, 0.25) is 0 Å². The largest absolute Gasteiger partial charge is 0.381 e. The lowest BCUT2D eigenvalue weighted by molar-refractivity contribution is -0.137. The molecular weight excluding hydrogens is 306 g/mol. The van der Waals surface area contributed by atoms with Crippen molar-refractivity contribution in [3.8, 4) is 0 Å². The number of carbonyl (C=O) groups is 2. The molecule has 0 aromatic heterocycles. The van der Waals surface area contributed by atoms with Gasteiger partial charge in [0.2, 0.25) is 11.8 Å². The van der Waals surface area contributed by atoms with Crippen LogP contribution in [0.3, 0.4) is 0 Å². The quantitative estimate of drug-likeness (QED) is 0.760. The first kappa shape index (κ1) is 18.4. The molecule has 1 aliphatic heterocycles. The molecule has 1 aliphatic rings. The van der Waals surface area contributed by atoms with Gasteiger partial charge in [0.25, 0.3) is 0 Å². The first-order chi connectivity index (χ1) is 11.4. The zero-order chi connectivity index (χ0) is 17.7.